The number of carbonyl (C=O) groups excluding carboxylic acids is 1. The maximum atomic E-state index is 12.0. The zero-order chi connectivity index (χ0) is 41.7. The molecule has 0 N–H and O–H groups in total. The van der Waals surface area contributed by atoms with Crippen LogP contribution in [0.1, 0.15) is 130 Å². The monoisotopic (exact) mass is 831 g/mol. The van der Waals surface area contributed by atoms with Gasteiger partial charge in [-0.1, -0.05) is 178 Å². The molecule has 0 aliphatic heterocycles. The largest absolute Gasteiger partial charge is 0.463 e. The minimum absolute atomic E-state index is 0.0567. The van der Waals surface area contributed by atoms with Crippen LogP contribution in [0.25, 0.3) is 0 Å². The van der Waals surface area contributed by atoms with Gasteiger partial charge >= 0.3 is 5.97 Å². The molecule has 332 valence electrons. The van der Waals surface area contributed by atoms with Crippen molar-refractivity contribution < 1.29 is 42.4 Å². The van der Waals surface area contributed by atoms with Crippen molar-refractivity contribution in [2.24, 2.45) is 0 Å². The van der Waals surface area contributed by atoms with Crippen molar-refractivity contribution in [2.75, 3.05) is 92.5 Å². The molecule has 0 radical (unpaired) electrons. The van der Waals surface area contributed by atoms with E-state index in [2.05, 4.69) is 88.4 Å². The predicted octanol–water partition coefficient (Wildman–Crippen LogP) is 9.47. The van der Waals surface area contributed by atoms with Crippen LogP contribution in [0.5, 0.6) is 0 Å². The van der Waals surface area contributed by atoms with Gasteiger partial charge in [-0.3, -0.25) is 4.79 Å². The summed E-state index contributed by atoms with van der Waals surface area (Å²) in [7, 11) is -2.54. The molecule has 0 saturated carbocycles. The number of ether oxygens (including phenoxy) is 7. The van der Waals surface area contributed by atoms with Gasteiger partial charge in [-0.2, -0.15) is 0 Å². The number of rotatable bonds is 40. The normalized spacial score (nSPS) is 12.0. The number of carbonyl (C=O) groups is 1. The van der Waals surface area contributed by atoms with E-state index in [0.717, 1.165) is 12.8 Å². The van der Waals surface area contributed by atoms with Crippen LogP contribution in [-0.2, 0) is 42.4 Å². The highest BCUT2D eigenvalue weighted by Gasteiger charge is 2.50. The third kappa shape index (κ3) is 24.8. The van der Waals surface area contributed by atoms with Gasteiger partial charge in [0.25, 0.3) is 8.32 Å². The molecule has 0 heterocycles. The van der Waals surface area contributed by atoms with Crippen molar-refractivity contribution >= 4 is 24.7 Å². The van der Waals surface area contributed by atoms with E-state index in [1.165, 1.54) is 93.8 Å². The summed E-state index contributed by atoms with van der Waals surface area (Å²) in [5, 5.41) is 2.48. The molecule has 2 aromatic rings. The Kier molecular flexibility index (Phi) is 31.9. The smallest absolute Gasteiger partial charge is 0.305 e. The minimum atomic E-state index is -2.54. The van der Waals surface area contributed by atoms with E-state index in [-0.39, 0.29) is 11.0 Å². The number of unbranched alkanes of at least 4 members (excludes halogenated alkanes) is 14. The molecule has 0 aliphatic rings. The third-order valence-corrected chi connectivity index (χ3v) is 15.3. The van der Waals surface area contributed by atoms with Crippen LogP contribution in [0.4, 0.5) is 0 Å². The molecule has 2 rings (SSSR count). The van der Waals surface area contributed by atoms with Crippen LogP contribution in [0.3, 0.4) is 0 Å². The standard InChI is InChI=1S/C48H82O9Si/c1-5-6-7-8-9-10-11-12-13-14-15-16-17-18-25-30-47(49)56-43-41-54-39-37-52-35-33-50-31-32-51-34-36-53-38-40-55-42-44-57-58(48(2,3)4,45-26-21-19-22-27-45)46-28-23-20-24-29-46/h19-24,26-29H,5-18,25,30-44H2,1-4H3. The summed E-state index contributed by atoms with van der Waals surface area (Å²) in [5.41, 5.74) is 0. The maximum absolute atomic E-state index is 12.0. The zero-order valence-corrected chi connectivity index (χ0v) is 38.2. The third-order valence-electron chi connectivity index (χ3n) is 10.3. The van der Waals surface area contributed by atoms with E-state index < -0.39 is 8.32 Å². The molecule has 2 aromatic carbocycles. The number of esters is 1. The molecular formula is C48H82O9Si. The molecule has 0 amide bonds. The van der Waals surface area contributed by atoms with Crippen LogP contribution in [0, 0.1) is 0 Å². The minimum Gasteiger partial charge on any atom is -0.463 e. The number of hydrogen-bond acceptors (Lipinski definition) is 9. The van der Waals surface area contributed by atoms with Crippen molar-refractivity contribution in [3.8, 4) is 0 Å². The van der Waals surface area contributed by atoms with Crippen molar-refractivity contribution in [2.45, 2.75) is 135 Å². The van der Waals surface area contributed by atoms with Gasteiger partial charge in [0.15, 0.2) is 0 Å². The van der Waals surface area contributed by atoms with Gasteiger partial charge in [-0.25, -0.2) is 0 Å². The van der Waals surface area contributed by atoms with Gasteiger partial charge in [0.2, 0.25) is 0 Å². The second kappa shape index (κ2) is 35.6. The summed E-state index contributed by atoms with van der Waals surface area (Å²) < 4.78 is 45.9. The Labute approximate surface area is 354 Å². The Morgan fingerprint density at radius 1 is 0.431 bits per heavy atom. The van der Waals surface area contributed by atoms with E-state index in [0.29, 0.717) is 98.9 Å². The van der Waals surface area contributed by atoms with Crippen molar-refractivity contribution in [1.82, 2.24) is 0 Å². The van der Waals surface area contributed by atoms with Crippen molar-refractivity contribution in [1.29, 1.82) is 0 Å². The number of benzene rings is 2. The fraction of sp³-hybridized carbons (Fsp3) is 0.729. The Bertz CT molecular complexity index is 1160. The van der Waals surface area contributed by atoms with E-state index in [1.54, 1.807) is 0 Å². The van der Waals surface area contributed by atoms with E-state index in [1.807, 2.05) is 0 Å². The first-order valence-corrected chi connectivity index (χ1v) is 24.7. The predicted molar refractivity (Wildman–Crippen MR) is 239 cm³/mol. The Balaban J connectivity index is 1.30. The van der Waals surface area contributed by atoms with E-state index in [9.17, 15) is 4.79 Å². The molecule has 9 nitrogen and oxygen atoms in total. The molecule has 58 heavy (non-hydrogen) atoms. The molecule has 10 heteroatoms. The van der Waals surface area contributed by atoms with Crippen molar-refractivity contribution in [3.63, 3.8) is 0 Å². The topological polar surface area (TPSA) is 90.9 Å². The molecular weight excluding hydrogens is 749 g/mol. The van der Waals surface area contributed by atoms with Gasteiger partial charge in [0.1, 0.15) is 6.61 Å². The molecule has 0 bridgehead atoms. The Morgan fingerprint density at radius 3 is 1.09 bits per heavy atom. The second-order valence-corrected chi connectivity index (χ2v) is 20.4. The average Bonchev–Trinajstić information content (AvgIpc) is 3.22. The zero-order valence-electron chi connectivity index (χ0n) is 37.2. The fourth-order valence-electron chi connectivity index (χ4n) is 7.14. The molecule has 0 unspecified atom stereocenters. The van der Waals surface area contributed by atoms with Crippen LogP contribution >= 0.6 is 0 Å². The summed E-state index contributed by atoms with van der Waals surface area (Å²) in [6, 6.07) is 21.3. The van der Waals surface area contributed by atoms with E-state index in [4.69, 9.17) is 37.6 Å². The lowest BCUT2D eigenvalue weighted by Crippen LogP contribution is -2.66. The maximum Gasteiger partial charge on any atom is 0.305 e. The first-order valence-electron chi connectivity index (χ1n) is 22.8. The van der Waals surface area contributed by atoms with Gasteiger partial charge < -0.3 is 37.6 Å². The lowest BCUT2D eigenvalue weighted by Gasteiger charge is -2.43. The Hall–Kier alpha value is -2.15. The summed E-state index contributed by atoms with van der Waals surface area (Å²) in [4.78, 5) is 12.0. The molecule has 0 aliphatic carbocycles. The first kappa shape index (κ1) is 52.0. The lowest BCUT2D eigenvalue weighted by molar-refractivity contribution is -0.145. The van der Waals surface area contributed by atoms with Crippen LogP contribution in [0.15, 0.2) is 60.7 Å². The summed E-state index contributed by atoms with van der Waals surface area (Å²) in [6.45, 7) is 15.8. The highest BCUT2D eigenvalue weighted by atomic mass is 28.4. The first-order chi connectivity index (χ1) is 28.4. The van der Waals surface area contributed by atoms with Crippen molar-refractivity contribution in [3.05, 3.63) is 60.7 Å². The molecule has 0 fully saturated rings. The average molecular weight is 831 g/mol. The molecule has 0 atom stereocenters. The van der Waals surface area contributed by atoms with Gasteiger partial charge in [-0.05, 0) is 21.8 Å². The highest BCUT2D eigenvalue weighted by Crippen LogP contribution is 2.36. The fourth-order valence-corrected chi connectivity index (χ4v) is 11.7. The second-order valence-electron chi connectivity index (χ2n) is 16.1. The van der Waals surface area contributed by atoms with Gasteiger partial charge in [0, 0.05) is 6.42 Å². The van der Waals surface area contributed by atoms with Crippen LogP contribution in [0.2, 0.25) is 5.04 Å². The SMILES string of the molecule is CCCCCCCCCCCCCCCCCC(=O)OCCOCCOCCOCCOCCOCCOCCO[Si](c1ccccc1)(c1ccccc1)C(C)(C)C. The van der Waals surface area contributed by atoms with Crippen LogP contribution < -0.4 is 10.4 Å². The summed E-state index contributed by atoms with van der Waals surface area (Å²) in [6.07, 6.45) is 20.2. The number of hydrogen-bond donors (Lipinski definition) is 0. The van der Waals surface area contributed by atoms with Crippen LogP contribution in [-0.4, -0.2) is 107 Å². The molecule has 0 saturated heterocycles. The van der Waals surface area contributed by atoms with E-state index >= 15 is 0 Å². The lowest BCUT2D eigenvalue weighted by atomic mass is 10.0. The van der Waals surface area contributed by atoms with Gasteiger partial charge in [-0.15, -0.1) is 0 Å². The molecule has 0 aromatic heterocycles. The summed E-state index contributed by atoms with van der Waals surface area (Å²) >= 11 is 0. The Morgan fingerprint density at radius 2 is 0.741 bits per heavy atom. The summed E-state index contributed by atoms with van der Waals surface area (Å²) in [5.74, 6) is -0.127. The van der Waals surface area contributed by atoms with Gasteiger partial charge in [0.05, 0.1) is 85.9 Å². The molecule has 0 spiro atoms. The quantitative estimate of drug-likeness (QED) is 0.0370. The highest BCUT2D eigenvalue weighted by molar-refractivity contribution is 6.99.